The number of para-hydroxylation sites is 1. The van der Waals surface area contributed by atoms with Crippen LogP contribution in [0.1, 0.15) is 10.6 Å². The highest BCUT2D eigenvalue weighted by Crippen LogP contribution is 2.28. The highest BCUT2D eigenvalue weighted by Gasteiger charge is 2.09. The maximum Gasteiger partial charge on any atom is 0.248 e. The number of carbonyl (C=O) groups excluding carboxylic acids is 1. The van der Waals surface area contributed by atoms with Gasteiger partial charge in [-0.15, -0.1) is 11.3 Å². The van der Waals surface area contributed by atoms with Crippen LogP contribution in [0.2, 0.25) is 5.02 Å². The first kappa shape index (κ1) is 16.4. The number of anilines is 1. The van der Waals surface area contributed by atoms with Gasteiger partial charge in [0.25, 0.3) is 0 Å². The molecule has 2 aromatic carbocycles. The second kappa shape index (κ2) is 7.43. The van der Waals surface area contributed by atoms with Gasteiger partial charge >= 0.3 is 0 Å². The maximum atomic E-state index is 12.2. The van der Waals surface area contributed by atoms with Crippen LogP contribution in [-0.2, 0) is 4.79 Å². The Labute approximate surface area is 149 Å². The van der Waals surface area contributed by atoms with Gasteiger partial charge in [-0.25, -0.2) is 4.98 Å². The van der Waals surface area contributed by atoms with Crippen molar-refractivity contribution in [1.29, 1.82) is 0 Å². The number of aryl methyl sites for hydroxylation is 1. The molecule has 1 N–H and O–H groups in total. The second-order valence-electron chi connectivity index (χ2n) is 5.17. The Kier molecular flexibility index (Phi) is 5.08. The SMILES string of the molecule is Cc1nc(-c2ccccc2NC(=O)/C=C/c2ccc(Cl)cc2)cs1. The first-order chi connectivity index (χ1) is 11.6. The third-order valence-electron chi connectivity index (χ3n) is 3.38. The Hall–Kier alpha value is -2.43. The molecule has 5 heteroatoms. The van der Waals surface area contributed by atoms with E-state index in [0.717, 1.165) is 27.5 Å². The molecule has 3 nitrogen and oxygen atoms in total. The fraction of sp³-hybridized carbons (Fsp3) is 0.0526. The largest absolute Gasteiger partial charge is 0.322 e. The standard InChI is InChI=1S/C19H15ClN2OS/c1-13-21-18(12-24-13)16-4-2-3-5-17(16)22-19(23)11-8-14-6-9-15(20)10-7-14/h2-12H,1H3,(H,22,23)/b11-8+. The summed E-state index contributed by atoms with van der Waals surface area (Å²) in [6.07, 6.45) is 3.26. The van der Waals surface area contributed by atoms with E-state index in [-0.39, 0.29) is 5.91 Å². The first-order valence-corrected chi connectivity index (χ1v) is 8.64. The number of aromatic nitrogens is 1. The van der Waals surface area contributed by atoms with Crippen molar-refractivity contribution in [2.24, 2.45) is 0 Å². The number of rotatable bonds is 4. The zero-order valence-corrected chi connectivity index (χ0v) is 14.6. The average Bonchev–Trinajstić information content (AvgIpc) is 3.01. The molecule has 0 unspecified atom stereocenters. The minimum absolute atomic E-state index is 0.190. The van der Waals surface area contributed by atoms with E-state index < -0.39 is 0 Å². The molecule has 0 aliphatic carbocycles. The maximum absolute atomic E-state index is 12.2. The average molecular weight is 355 g/mol. The predicted octanol–water partition coefficient (Wildman–Crippen LogP) is 5.42. The number of nitrogens with one attached hydrogen (secondary N) is 1. The molecule has 0 saturated carbocycles. The molecule has 0 radical (unpaired) electrons. The Morgan fingerprint density at radius 2 is 1.92 bits per heavy atom. The molecule has 24 heavy (non-hydrogen) atoms. The van der Waals surface area contributed by atoms with Gasteiger partial charge in [0, 0.05) is 22.0 Å². The second-order valence-corrected chi connectivity index (χ2v) is 6.67. The van der Waals surface area contributed by atoms with Gasteiger partial charge in [-0.3, -0.25) is 4.79 Å². The van der Waals surface area contributed by atoms with E-state index in [2.05, 4.69) is 10.3 Å². The Morgan fingerprint density at radius 1 is 1.17 bits per heavy atom. The van der Waals surface area contributed by atoms with Crippen molar-refractivity contribution in [3.63, 3.8) is 0 Å². The summed E-state index contributed by atoms with van der Waals surface area (Å²) in [5.74, 6) is -0.190. The number of hydrogen-bond donors (Lipinski definition) is 1. The molecule has 0 atom stereocenters. The van der Waals surface area contributed by atoms with Crippen LogP contribution in [0.4, 0.5) is 5.69 Å². The van der Waals surface area contributed by atoms with Crippen LogP contribution in [0, 0.1) is 6.92 Å². The van der Waals surface area contributed by atoms with Crippen molar-refractivity contribution in [1.82, 2.24) is 4.98 Å². The summed E-state index contributed by atoms with van der Waals surface area (Å²) < 4.78 is 0. The number of halogens is 1. The summed E-state index contributed by atoms with van der Waals surface area (Å²) in [5, 5.41) is 6.57. The van der Waals surface area contributed by atoms with Gasteiger partial charge in [-0.1, -0.05) is 41.9 Å². The number of benzene rings is 2. The minimum atomic E-state index is -0.190. The number of hydrogen-bond acceptors (Lipinski definition) is 3. The Bertz CT molecular complexity index is 884. The van der Waals surface area contributed by atoms with E-state index >= 15 is 0 Å². The van der Waals surface area contributed by atoms with Crippen LogP contribution < -0.4 is 5.32 Å². The van der Waals surface area contributed by atoms with Crippen molar-refractivity contribution in [3.8, 4) is 11.3 Å². The lowest BCUT2D eigenvalue weighted by Gasteiger charge is -2.07. The van der Waals surface area contributed by atoms with Gasteiger partial charge in [0.05, 0.1) is 16.4 Å². The first-order valence-electron chi connectivity index (χ1n) is 7.38. The van der Waals surface area contributed by atoms with Crippen molar-refractivity contribution < 1.29 is 4.79 Å². The predicted molar refractivity (Wildman–Crippen MR) is 101 cm³/mol. The molecule has 3 rings (SSSR count). The van der Waals surface area contributed by atoms with Gasteiger partial charge < -0.3 is 5.32 Å². The zero-order chi connectivity index (χ0) is 16.9. The zero-order valence-electron chi connectivity index (χ0n) is 13.0. The fourth-order valence-electron chi connectivity index (χ4n) is 2.22. The summed E-state index contributed by atoms with van der Waals surface area (Å²) in [5.41, 5.74) is 3.44. The Morgan fingerprint density at radius 3 is 2.62 bits per heavy atom. The topological polar surface area (TPSA) is 42.0 Å². The molecule has 3 aromatic rings. The highest BCUT2D eigenvalue weighted by molar-refractivity contribution is 7.09. The summed E-state index contributed by atoms with van der Waals surface area (Å²) in [6, 6.07) is 14.9. The van der Waals surface area contributed by atoms with Crippen LogP contribution >= 0.6 is 22.9 Å². The molecular formula is C19H15ClN2OS. The lowest BCUT2D eigenvalue weighted by Crippen LogP contribution is -2.08. The molecule has 120 valence electrons. The Balaban J connectivity index is 1.76. The number of amides is 1. The summed E-state index contributed by atoms with van der Waals surface area (Å²) in [4.78, 5) is 16.7. The van der Waals surface area contributed by atoms with Gasteiger partial charge in [0.2, 0.25) is 5.91 Å². The van der Waals surface area contributed by atoms with Crippen molar-refractivity contribution >= 4 is 40.6 Å². The monoisotopic (exact) mass is 354 g/mol. The fourth-order valence-corrected chi connectivity index (χ4v) is 2.96. The number of thiazole rings is 1. The van der Waals surface area contributed by atoms with Crippen molar-refractivity contribution in [2.45, 2.75) is 6.92 Å². The van der Waals surface area contributed by atoms with E-state index in [1.807, 2.05) is 48.7 Å². The van der Waals surface area contributed by atoms with Crippen LogP contribution in [0.5, 0.6) is 0 Å². The van der Waals surface area contributed by atoms with Crippen molar-refractivity contribution in [3.05, 3.63) is 75.6 Å². The molecule has 1 heterocycles. The number of nitrogens with zero attached hydrogens (tertiary/aromatic N) is 1. The van der Waals surface area contributed by atoms with E-state index in [1.165, 1.54) is 6.08 Å². The quantitative estimate of drug-likeness (QED) is 0.635. The summed E-state index contributed by atoms with van der Waals surface area (Å²) in [6.45, 7) is 1.96. The van der Waals surface area contributed by atoms with Crippen LogP contribution in [-0.4, -0.2) is 10.9 Å². The van der Waals surface area contributed by atoms with E-state index in [1.54, 1.807) is 29.5 Å². The number of carbonyl (C=O) groups is 1. The summed E-state index contributed by atoms with van der Waals surface area (Å²) >= 11 is 7.44. The van der Waals surface area contributed by atoms with Crippen molar-refractivity contribution in [2.75, 3.05) is 5.32 Å². The van der Waals surface area contributed by atoms with Gasteiger partial charge in [0.1, 0.15) is 0 Å². The molecule has 0 aliphatic heterocycles. The highest BCUT2D eigenvalue weighted by atomic mass is 35.5. The van der Waals surface area contributed by atoms with Gasteiger partial charge in [-0.05, 0) is 36.8 Å². The van der Waals surface area contributed by atoms with E-state index in [4.69, 9.17) is 11.6 Å². The van der Waals surface area contributed by atoms with E-state index in [0.29, 0.717) is 5.02 Å². The lowest BCUT2D eigenvalue weighted by atomic mass is 10.1. The van der Waals surface area contributed by atoms with E-state index in [9.17, 15) is 4.79 Å². The third kappa shape index (κ3) is 4.10. The molecular weight excluding hydrogens is 340 g/mol. The molecule has 1 amide bonds. The van der Waals surface area contributed by atoms with Gasteiger partial charge in [-0.2, -0.15) is 0 Å². The van der Waals surface area contributed by atoms with Crippen LogP contribution in [0.25, 0.3) is 17.3 Å². The van der Waals surface area contributed by atoms with Crippen LogP contribution in [0.15, 0.2) is 60.0 Å². The minimum Gasteiger partial charge on any atom is -0.322 e. The van der Waals surface area contributed by atoms with Gasteiger partial charge in [0.15, 0.2) is 0 Å². The normalized spacial score (nSPS) is 10.9. The molecule has 1 aromatic heterocycles. The molecule has 0 bridgehead atoms. The molecule has 0 aliphatic rings. The smallest absolute Gasteiger partial charge is 0.248 e. The summed E-state index contributed by atoms with van der Waals surface area (Å²) in [7, 11) is 0. The molecule has 0 saturated heterocycles. The lowest BCUT2D eigenvalue weighted by molar-refractivity contribution is -0.111. The third-order valence-corrected chi connectivity index (χ3v) is 4.40. The van der Waals surface area contributed by atoms with Crippen LogP contribution in [0.3, 0.4) is 0 Å². The molecule has 0 spiro atoms. The molecule has 0 fully saturated rings.